The van der Waals surface area contributed by atoms with Crippen molar-refractivity contribution in [2.75, 3.05) is 6.54 Å². The predicted octanol–water partition coefficient (Wildman–Crippen LogP) is 2.54. The average molecular weight is 204 g/mol. The van der Waals surface area contributed by atoms with Crippen LogP contribution in [0.25, 0.3) is 0 Å². The number of alkyl halides is 4. The Bertz CT molecular complexity index is 124. The molecule has 2 atom stereocenters. The second-order valence-electron chi connectivity index (χ2n) is 2.91. The molecule has 0 aromatic carbocycles. The second-order valence-corrected chi connectivity index (χ2v) is 3.66. The summed E-state index contributed by atoms with van der Waals surface area (Å²) >= 11 is 5.60. The van der Waals surface area contributed by atoms with Gasteiger partial charge in [-0.05, 0) is 20.3 Å². The normalized spacial score (nSPS) is 17.5. The van der Waals surface area contributed by atoms with E-state index in [0.29, 0.717) is 6.42 Å². The van der Waals surface area contributed by atoms with Gasteiger partial charge in [0.25, 0.3) is 0 Å². The van der Waals surface area contributed by atoms with Crippen molar-refractivity contribution in [3.8, 4) is 0 Å². The smallest absolute Gasteiger partial charge is 0.306 e. The Kier molecular flexibility index (Phi) is 4.94. The van der Waals surface area contributed by atoms with Crippen LogP contribution in [0.5, 0.6) is 0 Å². The van der Waals surface area contributed by atoms with Crippen LogP contribution in [-0.4, -0.2) is 24.1 Å². The monoisotopic (exact) mass is 203 g/mol. The summed E-state index contributed by atoms with van der Waals surface area (Å²) in [5, 5.41) is 2.25. The van der Waals surface area contributed by atoms with Gasteiger partial charge < -0.3 is 5.32 Å². The highest BCUT2D eigenvalue weighted by Gasteiger charge is 2.27. The lowest BCUT2D eigenvalue weighted by Crippen LogP contribution is -2.36. The lowest BCUT2D eigenvalue weighted by molar-refractivity contribution is -0.126. The first kappa shape index (κ1) is 12.0. The summed E-state index contributed by atoms with van der Waals surface area (Å²) < 4.78 is 35.0. The molecule has 74 valence electrons. The zero-order valence-electron chi connectivity index (χ0n) is 7.08. The van der Waals surface area contributed by atoms with E-state index in [1.54, 1.807) is 13.8 Å². The maximum Gasteiger partial charge on any atom is 0.401 e. The number of hydrogen-bond donors (Lipinski definition) is 1. The van der Waals surface area contributed by atoms with Crippen LogP contribution in [-0.2, 0) is 0 Å². The minimum Gasteiger partial charge on any atom is -0.306 e. The molecular formula is C7H13ClF3N. The van der Waals surface area contributed by atoms with E-state index in [-0.39, 0.29) is 11.4 Å². The minimum absolute atomic E-state index is 0.0965. The van der Waals surface area contributed by atoms with E-state index in [4.69, 9.17) is 11.6 Å². The third kappa shape index (κ3) is 8.14. The molecule has 0 radical (unpaired) electrons. The Morgan fingerprint density at radius 3 is 2.17 bits per heavy atom. The molecule has 0 spiro atoms. The highest BCUT2D eigenvalue weighted by atomic mass is 35.5. The first-order valence-electron chi connectivity index (χ1n) is 3.75. The summed E-state index contributed by atoms with van der Waals surface area (Å²) in [5.41, 5.74) is 0. The molecule has 5 heteroatoms. The first-order valence-corrected chi connectivity index (χ1v) is 4.19. The molecule has 1 N–H and O–H groups in total. The lowest BCUT2D eigenvalue weighted by atomic mass is 10.2. The summed E-state index contributed by atoms with van der Waals surface area (Å²) in [6, 6.07) is -0.195. The largest absolute Gasteiger partial charge is 0.401 e. The molecule has 0 aromatic heterocycles. The zero-order chi connectivity index (χ0) is 9.78. The van der Waals surface area contributed by atoms with Gasteiger partial charge in [0, 0.05) is 11.4 Å². The van der Waals surface area contributed by atoms with Gasteiger partial charge in [-0.1, -0.05) is 0 Å². The fourth-order valence-corrected chi connectivity index (χ4v) is 1.13. The quantitative estimate of drug-likeness (QED) is 0.693. The van der Waals surface area contributed by atoms with Crippen LogP contribution in [0.15, 0.2) is 0 Å². The SMILES string of the molecule is CC(Cl)CC(C)NCC(F)(F)F. The average Bonchev–Trinajstić information content (AvgIpc) is 1.80. The Hall–Kier alpha value is 0.0400. The Morgan fingerprint density at radius 1 is 1.33 bits per heavy atom. The number of rotatable bonds is 4. The molecule has 0 aliphatic rings. The van der Waals surface area contributed by atoms with Crippen LogP contribution in [0.1, 0.15) is 20.3 Å². The van der Waals surface area contributed by atoms with Crippen LogP contribution in [0, 0.1) is 0 Å². The maximum atomic E-state index is 11.7. The van der Waals surface area contributed by atoms with Gasteiger partial charge >= 0.3 is 6.18 Å². The van der Waals surface area contributed by atoms with Crippen molar-refractivity contribution in [3.05, 3.63) is 0 Å². The molecule has 0 rings (SSSR count). The number of hydrogen-bond acceptors (Lipinski definition) is 1. The van der Waals surface area contributed by atoms with E-state index in [1.165, 1.54) is 0 Å². The molecule has 0 saturated heterocycles. The summed E-state index contributed by atoms with van der Waals surface area (Å²) in [6.45, 7) is 2.50. The first-order chi connectivity index (χ1) is 5.31. The van der Waals surface area contributed by atoms with E-state index < -0.39 is 12.7 Å². The molecule has 0 aliphatic carbocycles. The molecule has 0 amide bonds. The predicted molar refractivity (Wildman–Crippen MR) is 43.5 cm³/mol. The highest BCUT2D eigenvalue weighted by molar-refractivity contribution is 6.20. The molecule has 0 aromatic rings. The van der Waals surface area contributed by atoms with Gasteiger partial charge in [0.05, 0.1) is 6.54 Å². The Morgan fingerprint density at radius 2 is 1.83 bits per heavy atom. The van der Waals surface area contributed by atoms with Crippen LogP contribution in [0.2, 0.25) is 0 Å². The van der Waals surface area contributed by atoms with E-state index in [9.17, 15) is 13.2 Å². The van der Waals surface area contributed by atoms with Crippen LogP contribution < -0.4 is 5.32 Å². The molecule has 0 fully saturated rings. The molecule has 0 heterocycles. The molecule has 0 aliphatic heterocycles. The molecule has 1 nitrogen and oxygen atoms in total. The molecular weight excluding hydrogens is 191 g/mol. The topological polar surface area (TPSA) is 12.0 Å². The highest BCUT2D eigenvalue weighted by Crippen LogP contribution is 2.13. The van der Waals surface area contributed by atoms with Crippen LogP contribution in [0.3, 0.4) is 0 Å². The molecule has 12 heavy (non-hydrogen) atoms. The van der Waals surface area contributed by atoms with Crippen LogP contribution >= 0.6 is 11.6 Å². The summed E-state index contributed by atoms with van der Waals surface area (Å²) in [5.74, 6) is 0. The van der Waals surface area contributed by atoms with Crippen molar-refractivity contribution < 1.29 is 13.2 Å². The molecule has 0 saturated carbocycles. The third-order valence-electron chi connectivity index (χ3n) is 1.33. The van der Waals surface area contributed by atoms with Gasteiger partial charge in [0.15, 0.2) is 0 Å². The fraction of sp³-hybridized carbons (Fsp3) is 1.00. The van der Waals surface area contributed by atoms with Crippen molar-refractivity contribution in [1.29, 1.82) is 0 Å². The fourth-order valence-electron chi connectivity index (χ4n) is 0.860. The van der Waals surface area contributed by atoms with Gasteiger partial charge in [0.1, 0.15) is 0 Å². The van der Waals surface area contributed by atoms with E-state index in [1.807, 2.05) is 0 Å². The van der Waals surface area contributed by atoms with Crippen molar-refractivity contribution in [2.24, 2.45) is 0 Å². The van der Waals surface area contributed by atoms with Crippen molar-refractivity contribution in [1.82, 2.24) is 5.32 Å². The van der Waals surface area contributed by atoms with Gasteiger partial charge in [-0.3, -0.25) is 0 Å². The number of nitrogens with one attached hydrogen (secondary N) is 1. The van der Waals surface area contributed by atoms with E-state index in [0.717, 1.165) is 0 Å². The van der Waals surface area contributed by atoms with Gasteiger partial charge in [0.2, 0.25) is 0 Å². The maximum absolute atomic E-state index is 11.7. The van der Waals surface area contributed by atoms with E-state index >= 15 is 0 Å². The van der Waals surface area contributed by atoms with Crippen molar-refractivity contribution >= 4 is 11.6 Å². The third-order valence-corrected chi connectivity index (χ3v) is 1.51. The minimum atomic E-state index is -4.14. The summed E-state index contributed by atoms with van der Waals surface area (Å²) in [6.07, 6.45) is -3.60. The van der Waals surface area contributed by atoms with Crippen LogP contribution in [0.4, 0.5) is 13.2 Å². The van der Waals surface area contributed by atoms with Gasteiger partial charge in [-0.2, -0.15) is 13.2 Å². The summed E-state index contributed by atoms with van der Waals surface area (Å²) in [4.78, 5) is 0. The standard InChI is InChI=1S/C7H13ClF3N/c1-5(8)3-6(2)12-4-7(9,10)11/h5-6,12H,3-4H2,1-2H3. The van der Waals surface area contributed by atoms with Gasteiger partial charge in [-0.15, -0.1) is 11.6 Å². The zero-order valence-corrected chi connectivity index (χ0v) is 7.84. The van der Waals surface area contributed by atoms with Gasteiger partial charge in [-0.25, -0.2) is 0 Å². The molecule has 2 unspecified atom stereocenters. The summed E-state index contributed by atoms with van der Waals surface area (Å²) in [7, 11) is 0. The Balaban J connectivity index is 3.51. The van der Waals surface area contributed by atoms with E-state index in [2.05, 4.69) is 5.32 Å². The number of halogens is 4. The van der Waals surface area contributed by atoms with Crippen molar-refractivity contribution in [2.45, 2.75) is 37.9 Å². The van der Waals surface area contributed by atoms with Crippen molar-refractivity contribution in [3.63, 3.8) is 0 Å². The Labute approximate surface area is 75.3 Å². The molecule has 0 bridgehead atoms. The lowest BCUT2D eigenvalue weighted by Gasteiger charge is -2.16. The second kappa shape index (κ2) is 4.92.